The van der Waals surface area contributed by atoms with E-state index in [0.717, 1.165) is 22.6 Å². The zero-order valence-electron chi connectivity index (χ0n) is 15.8. The zero-order valence-corrected chi connectivity index (χ0v) is 16.6. The van der Waals surface area contributed by atoms with Gasteiger partial charge in [0.2, 0.25) is 5.91 Å². The average molecular weight is 401 g/mol. The van der Waals surface area contributed by atoms with Crippen LogP contribution in [-0.2, 0) is 4.79 Å². The van der Waals surface area contributed by atoms with Crippen molar-refractivity contribution in [3.8, 4) is 17.2 Å². The highest BCUT2D eigenvalue weighted by Crippen LogP contribution is 2.27. The van der Waals surface area contributed by atoms with Crippen molar-refractivity contribution >= 4 is 23.4 Å². The summed E-state index contributed by atoms with van der Waals surface area (Å²) in [5.41, 5.74) is 3.52. The number of nitrogens with one attached hydrogen (secondary N) is 1. The molecule has 29 heavy (non-hydrogen) atoms. The number of thioether (sulfide) groups is 1. The third-order valence-corrected chi connectivity index (χ3v) is 5.10. The normalized spacial score (nSPS) is 10.7. The molecule has 144 valence electrons. The molecule has 0 saturated heterocycles. The van der Waals surface area contributed by atoms with Crippen molar-refractivity contribution in [2.45, 2.75) is 12.1 Å². The number of aromatic nitrogens is 4. The lowest BCUT2D eigenvalue weighted by Crippen LogP contribution is -2.14. The fourth-order valence-electron chi connectivity index (χ4n) is 2.88. The number of pyridine rings is 1. The summed E-state index contributed by atoms with van der Waals surface area (Å²) >= 11 is 1.34. The summed E-state index contributed by atoms with van der Waals surface area (Å²) in [6.45, 7) is 1.99. The first-order chi connectivity index (χ1) is 14.2. The van der Waals surface area contributed by atoms with Gasteiger partial charge in [-0.25, -0.2) is 0 Å². The Morgan fingerprint density at radius 1 is 1.00 bits per heavy atom. The number of carbonyl (C=O) groups excluding carboxylic acids is 1. The number of rotatable bonds is 6. The van der Waals surface area contributed by atoms with Crippen molar-refractivity contribution in [3.63, 3.8) is 0 Å². The van der Waals surface area contributed by atoms with Gasteiger partial charge in [0.05, 0.1) is 5.75 Å². The molecule has 1 amide bonds. The molecule has 2 aromatic heterocycles. The quantitative estimate of drug-likeness (QED) is 0.486. The van der Waals surface area contributed by atoms with Crippen LogP contribution in [0.2, 0.25) is 0 Å². The maximum Gasteiger partial charge on any atom is 0.234 e. The van der Waals surface area contributed by atoms with E-state index in [2.05, 4.69) is 20.5 Å². The molecular weight excluding hydrogens is 382 g/mol. The van der Waals surface area contributed by atoms with Gasteiger partial charge in [-0.1, -0.05) is 48.2 Å². The van der Waals surface area contributed by atoms with Crippen LogP contribution in [0.5, 0.6) is 0 Å². The zero-order chi connectivity index (χ0) is 20.1. The monoisotopic (exact) mass is 401 g/mol. The third-order valence-electron chi connectivity index (χ3n) is 4.18. The second-order valence-electron chi connectivity index (χ2n) is 6.40. The molecule has 1 N–H and O–H groups in total. The first kappa shape index (κ1) is 18.9. The third kappa shape index (κ3) is 4.52. The Balaban J connectivity index is 1.57. The van der Waals surface area contributed by atoms with Gasteiger partial charge < -0.3 is 5.32 Å². The molecule has 2 heterocycles. The molecule has 0 aliphatic rings. The predicted octanol–water partition coefficient (Wildman–Crippen LogP) is 4.37. The van der Waals surface area contributed by atoms with Crippen LogP contribution in [0.25, 0.3) is 17.2 Å². The number of hydrogen-bond acceptors (Lipinski definition) is 5. The molecule has 6 nitrogen and oxygen atoms in total. The van der Waals surface area contributed by atoms with E-state index in [1.807, 2.05) is 84.3 Å². The summed E-state index contributed by atoms with van der Waals surface area (Å²) in [5, 5.41) is 12.2. The predicted molar refractivity (Wildman–Crippen MR) is 115 cm³/mol. The molecule has 0 spiro atoms. The first-order valence-corrected chi connectivity index (χ1v) is 10.1. The van der Waals surface area contributed by atoms with E-state index in [9.17, 15) is 4.79 Å². The Morgan fingerprint density at radius 2 is 1.83 bits per heavy atom. The van der Waals surface area contributed by atoms with Crippen LogP contribution in [0, 0.1) is 6.92 Å². The van der Waals surface area contributed by atoms with Crippen LogP contribution in [0.1, 0.15) is 5.56 Å². The molecule has 7 heteroatoms. The maximum absolute atomic E-state index is 12.4. The number of hydrogen-bond donors (Lipinski definition) is 1. The molecule has 0 aliphatic heterocycles. The van der Waals surface area contributed by atoms with E-state index in [-0.39, 0.29) is 11.7 Å². The number of amides is 1. The van der Waals surface area contributed by atoms with Gasteiger partial charge in [0.15, 0.2) is 11.0 Å². The molecule has 4 rings (SSSR count). The standard InChI is InChI=1S/C22H19N5OS/c1-16-8-7-9-17(14-16)24-20(28)15-29-22-26-25-21(19-12-5-6-13-23-19)27(22)18-10-3-2-4-11-18/h2-14H,15H2,1H3,(H,24,28). The summed E-state index contributed by atoms with van der Waals surface area (Å²) in [7, 11) is 0. The second-order valence-corrected chi connectivity index (χ2v) is 7.34. The SMILES string of the molecule is Cc1cccc(NC(=O)CSc2nnc(-c3ccccn3)n2-c2ccccc2)c1. The highest BCUT2D eigenvalue weighted by Gasteiger charge is 2.17. The maximum atomic E-state index is 12.4. The molecule has 0 bridgehead atoms. The van der Waals surface area contributed by atoms with Crippen molar-refractivity contribution in [1.29, 1.82) is 0 Å². The van der Waals surface area contributed by atoms with E-state index >= 15 is 0 Å². The van der Waals surface area contributed by atoms with Crippen molar-refractivity contribution in [3.05, 3.63) is 84.6 Å². The van der Waals surface area contributed by atoms with Crippen LogP contribution >= 0.6 is 11.8 Å². The van der Waals surface area contributed by atoms with Crippen LogP contribution < -0.4 is 5.32 Å². The second kappa shape index (κ2) is 8.70. The number of carbonyl (C=O) groups is 1. The highest BCUT2D eigenvalue weighted by molar-refractivity contribution is 7.99. The first-order valence-electron chi connectivity index (χ1n) is 9.12. The summed E-state index contributed by atoms with van der Waals surface area (Å²) in [6.07, 6.45) is 1.72. The lowest BCUT2D eigenvalue weighted by atomic mass is 10.2. The molecule has 0 unspecified atom stereocenters. The fraction of sp³-hybridized carbons (Fsp3) is 0.0909. The summed E-state index contributed by atoms with van der Waals surface area (Å²) < 4.78 is 1.92. The van der Waals surface area contributed by atoms with Crippen LogP contribution in [0.3, 0.4) is 0 Å². The van der Waals surface area contributed by atoms with Crippen molar-refractivity contribution in [2.24, 2.45) is 0 Å². The smallest absolute Gasteiger partial charge is 0.234 e. The molecular formula is C22H19N5OS. The van der Waals surface area contributed by atoms with Gasteiger partial charge >= 0.3 is 0 Å². The van der Waals surface area contributed by atoms with Crippen LogP contribution in [0.15, 0.2) is 84.1 Å². The van der Waals surface area contributed by atoms with Crippen LogP contribution in [0.4, 0.5) is 5.69 Å². The molecule has 0 fully saturated rings. The topological polar surface area (TPSA) is 72.7 Å². The summed E-state index contributed by atoms with van der Waals surface area (Å²) in [5.74, 6) is 0.766. The lowest BCUT2D eigenvalue weighted by Gasteiger charge is -2.10. The van der Waals surface area contributed by atoms with E-state index in [4.69, 9.17) is 0 Å². The van der Waals surface area contributed by atoms with E-state index in [0.29, 0.717) is 11.0 Å². The molecule has 2 aromatic carbocycles. The summed E-state index contributed by atoms with van der Waals surface area (Å²) in [4.78, 5) is 16.8. The van der Waals surface area contributed by atoms with Gasteiger partial charge in [-0.15, -0.1) is 10.2 Å². The van der Waals surface area contributed by atoms with E-state index in [1.165, 1.54) is 11.8 Å². The Morgan fingerprint density at radius 3 is 2.59 bits per heavy atom. The van der Waals surface area contributed by atoms with Gasteiger partial charge in [0.1, 0.15) is 5.69 Å². The number of anilines is 1. The number of nitrogens with zero attached hydrogens (tertiary/aromatic N) is 4. The highest BCUT2D eigenvalue weighted by atomic mass is 32.2. The number of aryl methyl sites for hydroxylation is 1. The van der Waals surface area contributed by atoms with Gasteiger partial charge in [0.25, 0.3) is 0 Å². The molecule has 0 aliphatic carbocycles. The Bertz CT molecular complexity index is 1110. The molecule has 0 saturated carbocycles. The van der Waals surface area contributed by atoms with E-state index < -0.39 is 0 Å². The minimum atomic E-state index is -0.0948. The number of benzene rings is 2. The van der Waals surface area contributed by atoms with Crippen molar-refractivity contribution < 1.29 is 4.79 Å². The molecule has 4 aromatic rings. The summed E-state index contributed by atoms with van der Waals surface area (Å²) in [6, 6.07) is 23.2. The Kier molecular flexibility index (Phi) is 5.67. The number of para-hydroxylation sites is 1. The average Bonchev–Trinajstić information content (AvgIpc) is 3.17. The molecule has 0 radical (unpaired) electrons. The van der Waals surface area contributed by atoms with E-state index in [1.54, 1.807) is 6.20 Å². The minimum Gasteiger partial charge on any atom is -0.325 e. The molecule has 0 atom stereocenters. The van der Waals surface area contributed by atoms with Crippen LogP contribution in [-0.4, -0.2) is 31.4 Å². The van der Waals surface area contributed by atoms with Crippen molar-refractivity contribution in [2.75, 3.05) is 11.1 Å². The van der Waals surface area contributed by atoms with Gasteiger partial charge in [-0.3, -0.25) is 14.3 Å². The van der Waals surface area contributed by atoms with Crippen molar-refractivity contribution in [1.82, 2.24) is 19.7 Å². The largest absolute Gasteiger partial charge is 0.325 e. The van der Waals surface area contributed by atoms with Gasteiger partial charge in [-0.05, 0) is 48.9 Å². The van der Waals surface area contributed by atoms with Gasteiger partial charge in [-0.2, -0.15) is 0 Å². The Hall–Kier alpha value is -3.45. The fourth-order valence-corrected chi connectivity index (χ4v) is 3.64. The Labute approximate surface area is 173 Å². The van der Waals surface area contributed by atoms with Gasteiger partial charge in [0, 0.05) is 17.6 Å². The minimum absolute atomic E-state index is 0.0948. The lowest BCUT2D eigenvalue weighted by molar-refractivity contribution is -0.113.